The maximum Gasteiger partial charge on any atom is 0.303 e. The van der Waals surface area contributed by atoms with E-state index in [-0.39, 0.29) is 24.8 Å². The van der Waals surface area contributed by atoms with Gasteiger partial charge in [-0.25, -0.2) is 9.37 Å². The third kappa shape index (κ3) is 5.46. The van der Waals surface area contributed by atoms with Crippen LogP contribution in [-0.2, 0) is 11.4 Å². The molecular formula is C29H27FN2O3S. The molecule has 0 radical (unpaired) electrons. The van der Waals surface area contributed by atoms with E-state index >= 15 is 0 Å². The summed E-state index contributed by atoms with van der Waals surface area (Å²) in [5.74, 6) is -0.0314. The van der Waals surface area contributed by atoms with Gasteiger partial charge in [-0.3, -0.25) is 9.78 Å². The first-order chi connectivity index (χ1) is 17.4. The number of rotatable bonds is 9. The maximum absolute atomic E-state index is 14.7. The van der Waals surface area contributed by atoms with E-state index in [1.807, 2.05) is 50.2 Å². The predicted molar refractivity (Wildman–Crippen MR) is 139 cm³/mol. The van der Waals surface area contributed by atoms with Crippen LogP contribution < -0.4 is 4.74 Å². The van der Waals surface area contributed by atoms with E-state index in [0.717, 1.165) is 33.7 Å². The normalized spacial score (nSPS) is 14.0. The fourth-order valence-corrected chi connectivity index (χ4v) is 5.34. The average molecular weight is 503 g/mol. The first-order valence-corrected chi connectivity index (χ1v) is 12.8. The summed E-state index contributed by atoms with van der Waals surface area (Å²) < 4.78 is 20.8. The number of thiophene rings is 1. The van der Waals surface area contributed by atoms with Crippen molar-refractivity contribution in [2.75, 3.05) is 0 Å². The van der Waals surface area contributed by atoms with Crippen LogP contribution in [0, 0.1) is 25.6 Å². The highest BCUT2D eigenvalue weighted by atomic mass is 32.1. The highest BCUT2D eigenvalue weighted by Gasteiger charge is 2.33. The molecule has 0 bridgehead atoms. The summed E-state index contributed by atoms with van der Waals surface area (Å²) in [6.07, 6.45) is 3.89. The van der Waals surface area contributed by atoms with Crippen LogP contribution in [0.4, 0.5) is 4.39 Å². The lowest BCUT2D eigenvalue weighted by molar-refractivity contribution is -0.137. The number of aromatic nitrogens is 2. The lowest BCUT2D eigenvalue weighted by Crippen LogP contribution is -2.09. The Labute approximate surface area is 213 Å². The summed E-state index contributed by atoms with van der Waals surface area (Å²) in [6.45, 7) is 4.14. The first kappa shape index (κ1) is 24.1. The molecule has 1 fully saturated rings. The molecular weight excluding hydrogens is 475 g/mol. The summed E-state index contributed by atoms with van der Waals surface area (Å²) in [6, 6.07) is 16.6. The summed E-state index contributed by atoms with van der Waals surface area (Å²) in [4.78, 5) is 22.9. The van der Waals surface area contributed by atoms with E-state index in [9.17, 15) is 14.3 Å². The summed E-state index contributed by atoms with van der Waals surface area (Å²) in [5.41, 5.74) is 4.12. The molecule has 184 valence electrons. The van der Waals surface area contributed by atoms with Crippen molar-refractivity contribution in [3.8, 4) is 27.6 Å². The fraction of sp³-hybridized carbons (Fsp3) is 0.276. The number of hydrogen-bond acceptors (Lipinski definition) is 5. The van der Waals surface area contributed by atoms with Crippen LogP contribution in [0.3, 0.4) is 0 Å². The molecule has 5 nitrogen and oxygen atoms in total. The largest absolute Gasteiger partial charge is 0.487 e. The number of halogens is 1. The van der Waals surface area contributed by atoms with Crippen LogP contribution >= 0.6 is 11.3 Å². The Kier molecular flexibility index (Phi) is 6.83. The van der Waals surface area contributed by atoms with Crippen LogP contribution in [0.1, 0.15) is 46.9 Å². The highest BCUT2D eigenvalue weighted by Crippen LogP contribution is 2.45. The van der Waals surface area contributed by atoms with E-state index in [2.05, 4.69) is 4.98 Å². The summed E-state index contributed by atoms with van der Waals surface area (Å²) in [5, 5.41) is 9.33. The van der Waals surface area contributed by atoms with Gasteiger partial charge in [-0.2, -0.15) is 0 Å². The van der Waals surface area contributed by atoms with Crippen molar-refractivity contribution in [1.82, 2.24) is 9.97 Å². The Morgan fingerprint density at radius 3 is 2.69 bits per heavy atom. The van der Waals surface area contributed by atoms with Crippen LogP contribution in [-0.4, -0.2) is 21.0 Å². The number of carbonyl (C=O) groups is 1. The summed E-state index contributed by atoms with van der Waals surface area (Å²) in [7, 11) is 0. The summed E-state index contributed by atoms with van der Waals surface area (Å²) >= 11 is 1.59. The van der Waals surface area contributed by atoms with Gasteiger partial charge in [0.15, 0.2) is 0 Å². The van der Waals surface area contributed by atoms with Gasteiger partial charge >= 0.3 is 5.97 Å². The van der Waals surface area contributed by atoms with Gasteiger partial charge in [0.05, 0.1) is 23.2 Å². The van der Waals surface area contributed by atoms with E-state index in [4.69, 9.17) is 9.72 Å². The zero-order valence-corrected chi connectivity index (χ0v) is 21.0. The lowest BCUT2D eigenvalue weighted by Gasteiger charge is -2.16. The molecule has 1 saturated carbocycles. The quantitative estimate of drug-likeness (QED) is 0.263. The second-order valence-electron chi connectivity index (χ2n) is 9.36. The van der Waals surface area contributed by atoms with Gasteiger partial charge in [0, 0.05) is 10.4 Å². The Morgan fingerprint density at radius 1 is 1.14 bits per heavy atom. The molecule has 0 aliphatic heterocycles. The van der Waals surface area contributed by atoms with Crippen LogP contribution in [0.15, 0.2) is 60.8 Å². The third-order valence-corrected chi connectivity index (χ3v) is 7.44. The molecule has 2 heterocycles. The van der Waals surface area contributed by atoms with E-state index in [1.54, 1.807) is 29.7 Å². The minimum atomic E-state index is -0.782. The molecule has 1 aliphatic carbocycles. The second-order valence-corrected chi connectivity index (χ2v) is 10.6. The zero-order chi connectivity index (χ0) is 25.2. The second kappa shape index (κ2) is 10.2. The predicted octanol–water partition coefficient (Wildman–Crippen LogP) is 7.18. The van der Waals surface area contributed by atoms with E-state index in [1.165, 1.54) is 6.07 Å². The number of benzene rings is 2. The third-order valence-electron chi connectivity index (χ3n) is 6.43. The van der Waals surface area contributed by atoms with Gasteiger partial charge in [0.25, 0.3) is 0 Å². The maximum atomic E-state index is 14.7. The van der Waals surface area contributed by atoms with Gasteiger partial charge in [0.1, 0.15) is 29.6 Å². The van der Waals surface area contributed by atoms with Crippen LogP contribution in [0.25, 0.3) is 21.8 Å². The monoisotopic (exact) mass is 502 g/mol. The topological polar surface area (TPSA) is 72.3 Å². The molecule has 0 unspecified atom stereocenters. The molecule has 1 aliphatic rings. The Morgan fingerprint density at radius 2 is 1.97 bits per heavy atom. The number of ether oxygens (including phenoxy) is 1. The molecule has 2 aromatic heterocycles. The number of hydrogen-bond donors (Lipinski definition) is 1. The van der Waals surface area contributed by atoms with Gasteiger partial charge in [0.2, 0.25) is 0 Å². The van der Waals surface area contributed by atoms with Crippen molar-refractivity contribution >= 4 is 17.3 Å². The Hall–Kier alpha value is -3.58. The standard InChI is InChI=1S/C29H27FN2O3S/c1-17-6-10-25(30)24(12-17)28-29(26-11-7-18(2)36-26)32-21(15-31-28)16-35-22-5-3-4-20(13-22)23(14-27(33)34)19-8-9-19/h3-7,10-13,15,19,23H,8-9,14,16H2,1-2H3,(H,33,34)/t23-/m0/s1. The van der Waals surface area contributed by atoms with Crippen molar-refractivity contribution in [2.24, 2.45) is 5.92 Å². The molecule has 0 saturated heterocycles. The zero-order valence-electron chi connectivity index (χ0n) is 20.2. The van der Waals surface area contributed by atoms with Crippen molar-refractivity contribution in [1.29, 1.82) is 0 Å². The number of carboxylic acid groups (broad SMARTS) is 1. The lowest BCUT2D eigenvalue weighted by atomic mass is 9.91. The minimum Gasteiger partial charge on any atom is -0.487 e. The fourth-order valence-electron chi connectivity index (χ4n) is 4.48. The van der Waals surface area contributed by atoms with Gasteiger partial charge in [-0.15, -0.1) is 11.3 Å². The van der Waals surface area contributed by atoms with Crippen LogP contribution in [0.2, 0.25) is 0 Å². The molecule has 4 aromatic rings. The molecule has 1 atom stereocenters. The molecule has 1 N–H and O–H groups in total. The first-order valence-electron chi connectivity index (χ1n) is 12.0. The van der Waals surface area contributed by atoms with Gasteiger partial charge in [-0.1, -0.05) is 23.8 Å². The SMILES string of the molecule is Cc1ccc(F)c(-c2ncc(COc3cccc([C@@H](CC(=O)O)C4CC4)c3)nc2-c2ccc(C)s2)c1. The Bertz CT molecular complexity index is 1410. The van der Waals surface area contributed by atoms with Crippen molar-refractivity contribution in [3.05, 3.63) is 88.3 Å². The molecule has 0 amide bonds. The van der Waals surface area contributed by atoms with Gasteiger partial charge < -0.3 is 9.84 Å². The average Bonchev–Trinajstić information content (AvgIpc) is 3.62. The van der Waals surface area contributed by atoms with Crippen molar-refractivity contribution < 1.29 is 19.0 Å². The van der Waals surface area contributed by atoms with E-state index in [0.29, 0.717) is 34.3 Å². The number of aryl methyl sites for hydroxylation is 2. The van der Waals surface area contributed by atoms with Crippen molar-refractivity contribution in [3.63, 3.8) is 0 Å². The number of nitrogens with zero attached hydrogens (tertiary/aromatic N) is 2. The number of carboxylic acids is 1. The Balaban J connectivity index is 1.42. The molecule has 36 heavy (non-hydrogen) atoms. The molecule has 0 spiro atoms. The van der Waals surface area contributed by atoms with E-state index < -0.39 is 5.97 Å². The van der Waals surface area contributed by atoms with Gasteiger partial charge in [-0.05, 0) is 80.5 Å². The smallest absolute Gasteiger partial charge is 0.303 e. The number of aliphatic carboxylic acids is 1. The van der Waals surface area contributed by atoms with Crippen LogP contribution in [0.5, 0.6) is 5.75 Å². The highest BCUT2D eigenvalue weighted by molar-refractivity contribution is 7.15. The molecule has 2 aromatic carbocycles. The van der Waals surface area contributed by atoms with Crippen molar-refractivity contribution in [2.45, 2.75) is 45.6 Å². The minimum absolute atomic E-state index is 0.00280. The molecule has 5 rings (SSSR count). The molecule has 7 heteroatoms.